The number of hydrogen-bond acceptors (Lipinski definition) is 1. The van der Waals surface area contributed by atoms with E-state index in [-0.39, 0.29) is 5.75 Å². The van der Waals surface area contributed by atoms with Gasteiger partial charge in [0.2, 0.25) is 0 Å². The van der Waals surface area contributed by atoms with Crippen molar-refractivity contribution in [3.8, 4) is 5.75 Å². The highest BCUT2D eigenvalue weighted by molar-refractivity contribution is 6.58. The van der Waals surface area contributed by atoms with E-state index in [1.807, 2.05) is 12.1 Å². The fourth-order valence-corrected chi connectivity index (χ4v) is 9.35. The van der Waals surface area contributed by atoms with Crippen LogP contribution in [-0.4, -0.2) is 8.80 Å². The summed E-state index contributed by atoms with van der Waals surface area (Å²) in [5.74, 6) is 2.88. The molecule has 0 aromatic heterocycles. The Morgan fingerprint density at radius 2 is 1.55 bits per heavy atom. The monoisotopic (exact) mass is 452 g/mol. The molecule has 0 unspecified atom stereocenters. The molecule has 0 N–H and O–H groups in total. The predicted octanol–water partition coefficient (Wildman–Crippen LogP) is 8.67. The molecule has 3 rings (SSSR count). The second kappa shape index (κ2) is 12.7. The minimum absolute atomic E-state index is 0.109. The lowest BCUT2D eigenvalue weighted by atomic mass is 9.73. The van der Waals surface area contributed by atoms with Gasteiger partial charge >= 0.3 is 12.1 Å². The lowest BCUT2D eigenvalue weighted by molar-refractivity contribution is 0.186. The molecule has 1 aliphatic carbocycles. The third kappa shape index (κ3) is 8.00. The van der Waals surface area contributed by atoms with E-state index in [1.54, 1.807) is 30.3 Å². The first-order valence-electron chi connectivity index (χ1n) is 12.5. The Bertz CT molecular complexity index is 670. The van der Waals surface area contributed by atoms with Crippen molar-refractivity contribution in [3.05, 3.63) is 41.9 Å². The van der Waals surface area contributed by atoms with Crippen LogP contribution in [0, 0.1) is 17.8 Å². The highest BCUT2D eigenvalue weighted by atomic mass is 28.3. The molecule has 1 aromatic carbocycles. The molecule has 0 radical (unpaired) electrons. The Morgan fingerprint density at radius 1 is 0.903 bits per heavy atom. The summed E-state index contributed by atoms with van der Waals surface area (Å²) < 4.78 is 41.6. The van der Waals surface area contributed by atoms with Crippen molar-refractivity contribution in [1.29, 1.82) is 0 Å². The van der Waals surface area contributed by atoms with Crippen molar-refractivity contribution in [2.45, 2.75) is 95.7 Å². The van der Waals surface area contributed by atoms with E-state index in [0.717, 1.165) is 29.7 Å². The van der Waals surface area contributed by atoms with E-state index in [0.29, 0.717) is 0 Å². The maximum absolute atomic E-state index is 12.9. The van der Waals surface area contributed by atoms with Crippen molar-refractivity contribution >= 4 is 8.80 Å². The van der Waals surface area contributed by atoms with Gasteiger partial charge in [0.1, 0.15) is 5.75 Å². The predicted molar refractivity (Wildman–Crippen MR) is 125 cm³/mol. The van der Waals surface area contributed by atoms with Crippen LogP contribution in [0.5, 0.6) is 5.75 Å². The first-order chi connectivity index (χ1) is 15.0. The zero-order valence-corrected chi connectivity index (χ0v) is 20.2. The Labute approximate surface area is 188 Å². The molecule has 1 aliphatic heterocycles. The summed E-state index contributed by atoms with van der Waals surface area (Å²) >= 11 is 0. The van der Waals surface area contributed by atoms with Gasteiger partial charge in [-0.1, -0.05) is 82.1 Å². The van der Waals surface area contributed by atoms with Gasteiger partial charge < -0.3 is 4.74 Å². The molecule has 1 aromatic rings. The molecule has 1 saturated carbocycles. The minimum atomic E-state index is -2.43. The van der Waals surface area contributed by atoms with Crippen LogP contribution in [0.15, 0.2) is 36.4 Å². The van der Waals surface area contributed by atoms with E-state index >= 15 is 0 Å². The van der Waals surface area contributed by atoms with Gasteiger partial charge in [0.05, 0.1) is 0 Å². The standard InChI is InChI=1S/C26H39F3OSi/c1-2-3-4-17-31-18-15-23(16-19-31)22-11-7-20(8-12-22)5-6-21-9-13-24(14-10-21)30-26(29)25(27)28/h9-10,13-14,20,22-23,31H,2-8,11-12,15-19H2,1H3/t20?,22?,23-,31-. The normalized spacial score (nSPS) is 26.5. The third-order valence-corrected chi connectivity index (χ3v) is 11.3. The maximum Gasteiger partial charge on any atom is 0.344 e. The van der Waals surface area contributed by atoms with Gasteiger partial charge in [0, 0.05) is 8.80 Å². The summed E-state index contributed by atoms with van der Waals surface area (Å²) in [6.45, 7) is 2.31. The lowest BCUT2D eigenvalue weighted by Crippen LogP contribution is -2.28. The average molecular weight is 453 g/mol. The molecule has 0 bridgehead atoms. The van der Waals surface area contributed by atoms with Gasteiger partial charge in [-0.15, -0.1) is 0 Å². The van der Waals surface area contributed by atoms with Crippen LogP contribution in [0.3, 0.4) is 0 Å². The number of aryl methyl sites for hydroxylation is 1. The minimum Gasteiger partial charge on any atom is -0.428 e. The van der Waals surface area contributed by atoms with Crippen molar-refractivity contribution in [1.82, 2.24) is 0 Å². The molecular formula is C26H39F3OSi. The van der Waals surface area contributed by atoms with Gasteiger partial charge in [-0.05, 0) is 61.1 Å². The second-order valence-electron chi connectivity index (χ2n) is 9.88. The van der Waals surface area contributed by atoms with Crippen LogP contribution in [0.2, 0.25) is 18.1 Å². The van der Waals surface area contributed by atoms with Crippen LogP contribution in [0.1, 0.15) is 76.7 Å². The summed E-state index contributed by atoms with van der Waals surface area (Å²) in [5.41, 5.74) is 1.16. The van der Waals surface area contributed by atoms with E-state index in [1.165, 1.54) is 64.2 Å². The quantitative estimate of drug-likeness (QED) is 0.196. The molecule has 2 aliphatic rings. The van der Waals surface area contributed by atoms with E-state index in [4.69, 9.17) is 0 Å². The second-order valence-corrected chi connectivity index (χ2v) is 13.3. The van der Waals surface area contributed by atoms with Crippen molar-refractivity contribution in [2.24, 2.45) is 17.8 Å². The molecule has 5 heteroatoms. The number of ether oxygens (including phenoxy) is 1. The molecule has 31 heavy (non-hydrogen) atoms. The van der Waals surface area contributed by atoms with Crippen molar-refractivity contribution in [2.75, 3.05) is 0 Å². The summed E-state index contributed by atoms with van der Waals surface area (Å²) in [6.07, 6.45) is 12.6. The number of halogens is 3. The van der Waals surface area contributed by atoms with Gasteiger partial charge in [-0.3, -0.25) is 0 Å². The van der Waals surface area contributed by atoms with E-state index in [2.05, 4.69) is 11.7 Å². The van der Waals surface area contributed by atoms with Gasteiger partial charge in [-0.2, -0.15) is 13.2 Å². The summed E-state index contributed by atoms with van der Waals surface area (Å²) in [5, 5.41) is 0. The summed E-state index contributed by atoms with van der Waals surface area (Å²) in [6, 6.07) is 9.82. The van der Waals surface area contributed by atoms with Crippen LogP contribution >= 0.6 is 0 Å². The molecule has 0 spiro atoms. The number of benzene rings is 1. The molecule has 174 valence electrons. The highest BCUT2D eigenvalue weighted by Gasteiger charge is 2.30. The van der Waals surface area contributed by atoms with E-state index in [9.17, 15) is 13.2 Å². The van der Waals surface area contributed by atoms with Crippen LogP contribution < -0.4 is 4.74 Å². The molecule has 1 heterocycles. The molecule has 0 atom stereocenters. The molecule has 2 fully saturated rings. The van der Waals surface area contributed by atoms with Gasteiger partial charge in [0.25, 0.3) is 0 Å². The smallest absolute Gasteiger partial charge is 0.344 e. The lowest BCUT2D eigenvalue weighted by Gasteiger charge is -2.37. The Hall–Kier alpha value is -1.23. The summed E-state index contributed by atoms with van der Waals surface area (Å²) in [4.78, 5) is 0. The van der Waals surface area contributed by atoms with Gasteiger partial charge in [0.15, 0.2) is 0 Å². The topological polar surface area (TPSA) is 9.23 Å². The molecule has 1 nitrogen and oxygen atoms in total. The zero-order chi connectivity index (χ0) is 22.1. The average Bonchev–Trinajstić information content (AvgIpc) is 2.79. The largest absolute Gasteiger partial charge is 0.428 e. The Balaban J connectivity index is 1.33. The number of rotatable bonds is 10. The number of unbranched alkanes of at least 4 members (excludes halogenated alkanes) is 2. The Kier molecular flexibility index (Phi) is 10.0. The van der Waals surface area contributed by atoms with Crippen molar-refractivity contribution < 1.29 is 17.9 Å². The van der Waals surface area contributed by atoms with Crippen LogP contribution in [-0.2, 0) is 6.42 Å². The van der Waals surface area contributed by atoms with E-state index < -0.39 is 20.9 Å². The van der Waals surface area contributed by atoms with Crippen LogP contribution in [0.25, 0.3) is 0 Å². The molecule has 0 amide bonds. The zero-order valence-electron chi connectivity index (χ0n) is 19.1. The molecule has 1 saturated heterocycles. The summed E-state index contributed by atoms with van der Waals surface area (Å²) in [7, 11) is -0.396. The maximum atomic E-state index is 12.9. The SMILES string of the molecule is CCCCC[Si@H]1CC[C@H](C2CCC(CCc3ccc(OC(F)=C(F)F)cc3)CC2)CC1. The van der Waals surface area contributed by atoms with Crippen LogP contribution in [0.4, 0.5) is 13.2 Å². The fourth-order valence-electron chi connectivity index (χ4n) is 5.82. The molecular weight excluding hydrogens is 413 g/mol. The number of hydrogen-bond donors (Lipinski definition) is 0. The van der Waals surface area contributed by atoms with Crippen molar-refractivity contribution in [3.63, 3.8) is 0 Å². The first kappa shape index (κ1) is 24.4. The third-order valence-electron chi connectivity index (χ3n) is 7.79. The highest BCUT2D eigenvalue weighted by Crippen LogP contribution is 2.42. The first-order valence-corrected chi connectivity index (χ1v) is 15.0. The Morgan fingerprint density at radius 3 is 2.16 bits per heavy atom. The van der Waals surface area contributed by atoms with Gasteiger partial charge in [-0.25, -0.2) is 0 Å². The fraction of sp³-hybridized carbons (Fsp3) is 0.692.